The van der Waals surface area contributed by atoms with E-state index in [0.29, 0.717) is 12.2 Å². The van der Waals surface area contributed by atoms with Crippen molar-refractivity contribution in [3.05, 3.63) is 41.5 Å². The SMILES string of the molecule is CC(=O)c1cccn1Cc1cc(C)no1. The van der Waals surface area contributed by atoms with E-state index in [-0.39, 0.29) is 5.78 Å². The van der Waals surface area contributed by atoms with Gasteiger partial charge in [-0.15, -0.1) is 0 Å². The number of Topliss-reactive ketones (excluding diaryl/α,β-unsaturated/α-hetero) is 1. The Morgan fingerprint density at radius 3 is 3.00 bits per heavy atom. The van der Waals surface area contributed by atoms with Crippen molar-refractivity contribution in [3.63, 3.8) is 0 Å². The van der Waals surface area contributed by atoms with Crippen LogP contribution in [0.25, 0.3) is 0 Å². The summed E-state index contributed by atoms with van der Waals surface area (Å²) in [6.07, 6.45) is 1.86. The molecule has 0 unspecified atom stereocenters. The third kappa shape index (κ3) is 1.98. The fourth-order valence-electron chi connectivity index (χ4n) is 1.53. The lowest BCUT2D eigenvalue weighted by Crippen LogP contribution is -2.05. The maximum Gasteiger partial charge on any atom is 0.176 e. The highest BCUT2D eigenvalue weighted by Crippen LogP contribution is 2.09. The number of ketones is 1. The van der Waals surface area contributed by atoms with Crippen molar-refractivity contribution in [2.75, 3.05) is 0 Å². The molecule has 0 amide bonds. The minimum absolute atomic E-state index is 0.0521. The number of carbonyl (C=O) groups is 1. The molecular weight excluding hydrogens is 192 g/mol. The molecule has 2 aromatic rings. The Morgan fingerprint density at radius 1 is 1.60 bits per heavy atom. The maximum atomic E-state index is 11.3. The summed E-state index contributed by atoms with van der Waals surface area (Å²) >= 11 is 0. The Labute approximate surface area is 87.5 Å². The van der Waals surface area contributed by atoms with Crippen LogP contribution in [0.4, 0.5) is 0 Å². The zero-order chi connectivity index (χ0) is 10.8. The second-order valence-corrected chi connectivity index (χ2v) is 3.51. The molecule has 0 atom stereocenters. The molecule has 2 heterocycles. The summed E-state index contributed by atoms with van der Waals surface area (Å²) in [5.41, 5.74) is 1.53. The van der Waals surface area contributed by atoms with E-state index >= 15 is 0 Å². The molecule has 2 rings (SSSR count). The summed E-state index contributed by atoms with van der Waals surface area (Å²) in [7, 11) is 0. The molecule has 0 spiro atoms. The molecule has 0 saturated carbocycles. The van der Waals surface area contributed by atoms with Crippen LogP contribution in [-0.2, 0) is 6.54 Å². The van der Waals surface area contributed by atoms with Crippen molar-refractivity contribution in [1.82, 2.24) is 9.72 Å². The third-order valence-electron chi connectivity index (χ3n) is 2.19. The molecule has 0 radical (unpaired) electrons. The number of carbonyl (C=O) groups excluding carboxylic acids is 1. The lowest BCUT2D eigenvalue weighted by atomic mass is 10.3. The smallest absolute Gasteiger partial charge is 0.176 e. The molecule has 0 aliphatic carbocycles. The van der Waals surface area contributed by atoms with Gasteiger partial charge in [0.2, 0.25) is 0 Å². The monoisotopic (exact) mass is 204 g/mol. The molecule has 0 aromatic carbocycles. The first-order valence-electron chi connectivity index (χ1n) is 4.75. The molecule has 4 heteroatoms. The van der Waals surface area contributed by atoms with E-state index in [1.807, 2.05) is 29.8 Å². The van der Waals surface area contributed by atoms with E-state index in [0.717, 1.165) is 11.5 Å². The summed E-state index contributed by atoms with van der Waals surface area (Å²) in [6.45, 7) is 3.97. The van der Waals surface area contributed by atoms with E-state index < -0.39 is 0 Å². The molecule has 0 bridgehead atoms. The van der Waals surface area contributed by atoms with Gasteiger partial charge in [-0.05, 0) is 19.1 Å². The van der Waals surface area contributed by atoms with Crippen molar-refractivity contribution >= 4 is 5.78 Å². The number of aromatic nitrogens is 2. The Balaban J connectivity index is 2.24. The molecule has 0 aliphatic rings. The van der Waals surface area contributed by atoms with Gasteiger partial charge in [-0.3, -0.25) is 4.79 Å². The number of hydrogen-bond donors (Lipinski definition) is 0. The van der Waals surface area contributed by atoms with Gasteiger partial charge in [0, 0.05) is 19.2 Å². The molecular formula is C11H12N2O2. The van der Waals surface area contributed by atoms with E-state index in [1.165, 1.54) is 0 Å². The van der Waals surface area contributed by atoms with Crippen molar-refractivity contribution < 1.29 is 9.32 Å². The van der Waals surface area contributed by atoms with Gasteiger partial charge in [0.25, 0.3) is 0 Å². The second-order valence-electron chi connectivity index (χ2n) is 3.51. The highest BCUT2D eigenvalue weighted by Gasteiger charge is 2.08. The van der Waals surface area contributed by atoms with Crippen LogP contribution in [0.1, 0.15) is 28.9 Å². The highest BCUT2D eigenvalue weighted by atomic mass is 16.5. The summed E-state index contributed by atoms with van der Waals surface area (Å²) in [5, 5.41) is 3.80. The Morgan fingerprint density at radius 2 is 2.40 bits per heavy atom. The number of nitrogens with zero attached hydrogens (tertiary/aromatic N) is 2. The predicted octanol–water partition coefficient (Wildman–Crippen LogP) is 2.04. The highest BCUT2D eigenvalue weighted by molar-refractivity contribution is 5.92. The van der Waals surface area contributed by atoms with E-state index in [4.69, 9.17) is 4.52 Å². The van der Waals surface area contributed by atoms with Crippen LogP contribution in [0.3, 0.4) is 0 Å². The van der Waals surface area contributed by atoms with Crippen LogP contribution in [0.5, 0.6) is 0 Å². The normalized spacial score (nSPS) is 10.5. The zero-order valence-corrected chi connectivity index (χ0v) is 8.73. The second kappa shape index (κ2) is 3.73. The lowest BCUT2D eigenvalue weighted by Gasteiger charge is -2.03. The van der Waals surface area contributed by atoms with Crippen LogP contribution >= 0.6 is 0 Å². The summed E-state index contributed by atoms with van der Waals surface area (Å²) < 4.78 is 6.94. The first-order valence-corrected chi connectivity index (χ1v) is 4.75. The molecule has 78 valence electrons. The molecule has 0 saturated heterocycles. The third-order valence-corrected chi connectivity index (χ3v) is 2.19. The zero-order valence-electron chi connectivity index (χ0n) is 8.73. The largest absolute Gasteiger partial charge is 0.359 e. The van der Waals surface area contributed by atoms with Crippen LogP contribution in [0.15, 0.2) is 28.9 Å². The lowest BCUT2D eigenvalue weighted by molar-refractivity contribution is 0.100. The Bertz CT molecular complexity index is 482. The van der Waals surface area contributed by atoms with Gasteiger partial charge in [-0.1, -0.05) is 5.16 Å². The summed E-state index contributed by atoms with van der Waals surface area (Å²) in [4.78, 5) is 11.3. The minimum Gasteiger partial charge on any atom is -0.359 e. The first-order chi connectivity index (χ1) is 7.16. The predicted molar refractivity (Wildman–Crippen MR) is 54.8 cm³/mol. The van der Waals surface area contributed by atoms with Crippen molar-refractivity contribution in [2.24, 2.45) is 0 Å². The van der Waals surface area contributed by atoms with Crippen molar-refractivity contribution in [3.8, 4) is 0 Å². The Kier molecular flexibility index (Phi) is 2.41. The molecule has 4 nitrogen and oxygen atoms in total. The number of hydrogen-bond acceptors (Lipinski definition) is 3. The molecule has 2 aromatic heterocycles. The fraction of sp³-hybridized carbons (Fsp3) is 0.273. The van der Waals surface area contributed by atoms with Crippen LogP contribution in [0.2, 0.25) is 0 Å². The van der Waals surface area contributed by atoms with Gasteiger partial charge in [-0.25, -0.2) is 0 Å². The fourth-order valence-corrected chi connectivity index (χ4v) is 1.53. The quantitative estimate of drug-likeness (QED) is 0.719. The summed E-state index contributed by atoms with van der Waals surface area (Å²) in [6, 6.07) is 5.51. The number of rotatable bonds is 3. The van der Waals surface area contributed by atoms with E-state index in [1.54, 1.807) is 13.0 Å². The molecule has 15 heavy (non-hydrogen) atoms. The first kappa shape index (κ1) is 9.71. The average molecular weight is 204 g/mol. The van der Waals surface area contributed by atoms with Gasteiger partial charge in [0.05, 0.1) is 17.9 Å². The van der Waals surface area contributed by atoms with Gasteiger partial charge < -0.3 is 9.09 Å². The Hall–Kier alpha value is -1.84. The number of aryl methyl sites for hydroxylation is 1. The van der Waals surface area contributed by atoms with Gasteiger partial charge in [-0.2, -0.15) is 0 Å². The van der Waals surface area contributed by atoms with Crippen molar-refractivity contribution in [1.29, 1.82) is 0 Å². The van der Waals surface area contributed by atoms with E-state index in [2.05, 4.69) is 5.16 Å². The summed E-state index contributed by atoms with van der Waals surface area (Å²) in [5.74, 6) is 0.808. The standard InChI is InChI=1S/C11H12N2O2/c1-8-6-10(15-12-8)7-13-5-3-4-11(13)9(2)14/h3-6H,7H2,1-2H3. The molecule has 0 fully saturated rings. The van der Waals surface area contributed by atoms with Gasteiger partial charge in [0.1, 0.15) is 0 Å². The van der Waals surface area contributed by atoms with Crippen LogP contribution in [-0.4, -0.2) is 15.5 Å². The average Bonchev–Trinajstić information content (AvgIpc) is 2.75. The maximum absolute atomic E-state index is 11.3. The molecule has 0 N–H and O–H groups in total. The molecule has 0 aliphatic heterocycles. The van der Waals surface area contributed by atoms with Gasteiger partial charge >= 0.3 is 0 Å². The minimum atomic E-state index is 0.0521. The van der Waals surface area contributed by atoms with Crippen LogP contribution < -0.4 is 0 Å². The topological polar surface area (TPSA) is 48.0 Å². The van der Waals surface area contributed by atoms with Gasteiger partial charge in [0.15, 0.2) is 11.5 Å². The van der Waals surface area contributed by atoms with Crippen LogP contribution in [0, 0.1) is 6.92 Å². The van der Waals surface area contributed by atoms with Crippen molar-refractivity contribution in [2.45, 2.75) is 20.4 Å². The van der Waals surface area contributed by atoms with E-state index in [9.17, 15) is 4.79 Å².